The summed E-state index contributed by atoms with van der Waals surface area (Å²) < 4.78 is 5.04. The first kappa shape index (κ1) is 12.3. The summed E-state index contributed by atoms with van der Waals surface area (Å²) >= 11 is 0. The molecule has 1 N–H and O–H groups in total. The minimum Gasteiger partial charge on any atom is -0.696 e. The van der Waals surface area contributed by atoms with Crippen LogP contribution < -0.4 is 10.2 Å². The summed E-state index contributed by atoms with van der Waals surface area (Å²) in [5, 5.41) is 14.6. The summed E-state index contributed by atoms with van der Waals surface area (Å²) in [5.41, 5.74) is 3.77. The molecule has 0 aliphatic heterocycles. The van der Waals surface area contributed by atoms with Gasteiger partial charge in [0.25, 0.3) is 0 Å². The van der Waals surface area contributed by atoms with Gasteiger partial charge in [-0.1, -0.05) is 19.1 Å². The van der Waals surface area contributed by atoms with Crippen molar-refractivity contribution in [2.45, 2.75) is 19.9 Å². The minimum atomic E-state index is 0.412. The lowest BCUT2D eigenvalue weighted by atomic mass is 10.2. The van der Waals surface area contributed by atoms with E-state index >= 15 is 0 Å². The second-order valence-electron chi connectivity index (χ2n) is 3.36. The number of hydrogen-bond acceptors (Lipinski definition) is 3. The Kier molecular flexibility index (Phi) is 5.11. The molecule has 0 amide bonds. The van der Waals surface area contributed by atoms with Gasteiger partial charge < -0.3 is 9.94 Å². The Morgan fingerprint density at radius 1 is 1.38 bits per heavy atom. The lowest BCUT2D eigenvalue weighted by molar-refractivity contribution is -0.535. The van der Waals surface area contributed by atoms with Crippen molar-refractivity contribution in [1.82, 2.24) is 5.43 Å². The first-order chi connectivity index (χ1) is 7.76. The summed E-state index contributed by atoms with van der Waals surface area (Å²) in [7, 11) is 1.63. The van der Waals surface area contributed by atoms with Crippen molar-refractivity contribution in [3.63, 3.8) is 0 Å². The van der Waals surface area contributed by atoms with E-state index < -0.39 is 0 Å². The maximum absolute atomic E-state index is 11.0. The summed E-state index contributed by atoms with van der Waals surface area (Å²) in [6.45, 7) is 2.88. The maximum atomic E-state index is 11.0. The third-order valence-electron chi connectivity index (χ3n) is 2.04. The van der Waals surface area contributed by atoms with Crippen LogP contribution in [-0.2, 0) is 6.54 Å². The van der Waals surface area contributed by atoms with Gasteiger partial charge in [0.1, 0.15) is 18.8 Å². The highest BCUT2D eigenvalue weighted by atomic mass is 16.5. The van der Waals surface area contributed by atoms with Crippen molar-refractivity contribution < 1.29 is 9.60 Å². The summed E-state index contributed by atoms with van der Waals surface area (Å²) in [6, 6.07) is 7.60. The van der Waals surface area contributed by atoms with Crippen molar-refractivity contribution in [2.24, 2.45) is 5.22 Å². The molecular formula is C11H17N3O2. The number of ether oxygens (including phenoxy) is 1. The van der Waals surface area contributed by atoms with E-state index in [1.54, 1.807) is 7.11 Å². The topological polar surface area (TPSA) is 59.7 Å². The fraction of sp³-hybridized carbons (Fsp3) is 0.455. The molecule has 0 aliphatic carbocycles. The minimum absolute atomic E-state index is 0.412. The Labute approximate surface area is 95.3 Å². The zero-order chi connectivity index (χ0) is 11.8. The van der Waals surface area contributed by atoms with Crippen molar-refractivity contribution >= 4 is 0 Å². The molecule has 1 aromatic carbocycles. The Balaban J connectivity index is 2.39. The zero-order valence-corrected chi connectivity index (χ0v) is 9.64. The molecule has 5 nitrogen and oxygen atoms in total. The fourth-order valence-electron chi connectivity index (χ4n) is 1.19. The van der Waals surface area contributed by atoms with Gasteiger partial charge in [-0.3, -0.25) is 0 Å². The van der Waals surface area contributed by atoms with E-state index in [1.807, 2.05) is 31.2 Å². The highest BCUT2D eigenvalue weighted by Crippen LogP contribution is 2.10. The number of rotatable bonds is 6. The summed E-state index contributed by atoms with van der Waals surface area (Å²) in [6.07, 6.45) is 0.789. The van der Waals surface area contributed by atoms with Gasteiger partial charge in [-0.05, 0) is 24.1 Å². The van der Waals surface area contributed by atoms with Crippen LogP contribution in [0.5, 0.6) is 5.75 Å². The molecule has 0 atom stereocenters. The molecule has 0 fully saturated rings. The standard InChI is InChI=1S/C11H17N3O2/c1-3-8-14(15)13-12-9-10-4-6-11(16-2)7-5-10/h4-7,12H,3,8-9H2,1-2H3. The number of nitrogens with zero attached hydrogens (tertiary/aromatic N) is 2. The predicted molar refractivity (Wildman–Crippen MR) is 61.0 cm³/mol. The highest BCUT2D eigenvalue weighted by molar-refractivity contribution is 5.26. The first-order valence-corrected chi connectivity index (χ1v) is 5.27. The second kappa shape index (κ2) is 6.66. The molecule has 0 radical (unpaired) electrons. The van der Waals surface area contributed by atoms with Gasteiger partial charge in [-0.15, -0.1) is 0 Å². The summed E-state index contributed by atoms with van der Waals surface area (Å²) in [4.78, 5) is 0.656. The van der Waals surface area contributed by atoms with Gasteiger partial charge in [0.05, 0.1) is 12.3 Å². The van der Waals surface area contributed by atoms with E-state index in [4.69, 9.17) is 4.74 Å². The number of hydrogen-bond donors (Lipinski definition) is 1. The lowest BCUT2D eigenvalue weighted by Gasteiger charge is -2.04. The van der Waals surface area contributed by atoms with E-state index in [0.717, 1.165) is 17.7 Å². The highest BCUT2D eigenvalue weighted by Gasteiger charge is 1.96. The molecular weight excluding hydrogens is 206 g/mol. The average Bonchev–Trinajstić information content (AvgIpc) is 2.30. The van der Waals surface area contributed by atoms with Crippen LogP contribution in [0, 0.1) is 5.21 Å². The van der Waals surface area contributed by atoms with Crippen molar-refractivity contribution in [3.05, 3.63) is 35.0 Å². The predicted octanol–water partition coefficient (Wildman–Crippen LogP) is 2.07. The van der Waals surface area contributed by atoms with Crippen molar-refractivity contribution in [2.75, 3.05) is 13.7 Å². The van der Waals surface area contributed by atoms with Gasteiger partial charge >= 0.3 is 0 Å². The van der Waals surface area contributed by atoms with Crippen LogP contribution in [0.25, 0.3) is 0 Å². The molecule has 0 bridgehead atoms. The van der Waals surface area contributed by atoms with Crippen molar-refractivity contribution in [1.29, 1.82) is 0 Å². The van der Waals surface area contributed by atoms with Gasteiger partial charge in [0, 0.05) is 0 Å². The smallest absolute Gasteiger partial charge is 0.129 e. The van der Waals surface area contributed by atoms with Crippen LogP contribution in [0.1, 0.15) is 18.9 Å². The molecule has 16 heavy (non-hydrogen) atoms. The molecule has 0 unspecified atom stereocenters. The van der Waals surface area contributed by atoms with E-state index in [9.17, 15) is 5.21 Å². The molecule has 1 rings (SSSR count). The molecule has 0 spiro atoms. The van der Waals surface area contributed by atoms with E-state index in [2.05, 4.69) is 10.6 Å². The third kappa shape index (κ3) is 4.16. The maximum Gasteiger partial charge on any atom is 0.129 e. The Bertz CT molecular complexity index is 336. The molecule has 0 aromatic heterocycles. The largest absolute Gasteiger partial charge is 0.696 e. The normalized spacial score (nSPS) is 11.2. The van der Waals surface area contributed by atoms with E-state index in [-0.39, 0.29) is 0 Å². The number of nitrogens with one attached hydrogen (secondary N) is 1. The molecule has 0 heterocycles. The van der Waals surface area contributed by atoms with Crippen LogP contribution in [0.3, 0.4) is 0 Å². The first-order valence-electron chi connectivity index (χ1n) is 5.27. The number of hydroxylamine groups is 1. The van der Waals surface area contributed by atoms with Gasteiger partial charge in [0.15, 0.2) is 0 Å². The SMILES string of the molecule is CCC[N+]([O-])=NNCc1ccc(OC)cc1. The van der Waals surface area contributed by atoms with E-state index in [1.165, 1.54) is 0 Å². The molecule has 0 saturated carbocycles. The Hall–Kier alpha value is -1.78. The van der Waals surface area contributed by atoms with Crippen LogP contribution in [-0.4, -0.2) is 18.5 Å². The third-order valence-corrected chi connectivity index (χ3v) is 2.04. The molecule has 0 saturated heterocycles. The lowest BCUT2D eigenvalue weighted by Crippen LogP contribution is -2.12. The fourth-order valence-corrected chi connectivity index (χ4v) is 1.19. The van der Waals surface area contributed by atoms with Gasteiger partial charge in [0.2, 0.25) is 0 Å². The summed E-state index contributed by atoms with van der Waals surface area (Å²) in [5.74, 6) is 0.817. The van der Waals surface area contributed by atoms with Gasteiger partial charge in [-0.2, -0.15) is 10.3 Å². The zero-order valence-electron chi connectivity index (χ0n) is 9.64. The van der Waals surface area contributed by atoms with Crippen LogP contribution in [0.2, 0.25) is 0 Å². The van der Waals surface area contributed by atoms with Crippen LogP contribution in [0.15, 0.2) is 29.5 Å². The average molecular weight is 223 g/mol. The Morgan fingerprint density at radius 2 is 2.06 bits per heavy atom. The quantitative estimate of drug-likeness (QED) is 0.456. The molecule has 5 heteroatoms. The second-order valence-corrected chi connectivity index (χ2v) is 3.36. The monoisotopic (exact) mass is 223 g/mol. The number of methoxy groups -OCH3 is 1. The van der Waals surface area contributed by atoms with Crippen LogP contribution >= 0.6 is 0 Å². The van der Waals surface area contributed by atoms with Gasteiger partial charge in [-0.25, -0.2) is 0 Å². The molecule has 1 aromatic rings. The van der Waals surface area contributed by atoms with Crippen LogP contribution in [0.4, 0.5) is 0 Å². The van der Waals surface area contributed by atoms with Crippen molar-refractivity contribution in [3.8, 4) is 5.75 Å². The number of benzene rings is 1. The molecule has 88 valence electrons. The Morgan fingerprint density at radius 3 is 2.62 bits per heavy atom. The van der Waals surface area contributed by atoms with E-state index in [0.29, 0.717) is 18.0 Å². The molecule has 0 aliphatic rings.